The first-order valence-corrected chi connectivity index (χ1v) is 6.36. The first kappa shape index (κ1) is 13.1. The van der Waals surface area contributed by atoms with E-state index >= 15 is 0 Å². The number of carbonyl (C=O) groups is 1. The lowest BCUT2D eigenvalue weighted by Gasteiger charge is -2.16. The lowest BCUT2D eigenvalue weighted by Crippen LogP contribution is -2.36. The largest absolute Gasteiger partial charge is 0.392 e. The molecule has 18 heavy (non-hydrogen) atoms. The van der Waals surface area contributed by atoms with E-state index < -0.39 is 0 Å². The molecule has 1 aliphatic carbocycles. The maximum absolute atomic E-state index is 11.7. The first-order valence-electron chi connectivity index (χ1n) is 6.36. The third kappa shape index (κ3) is 3.55. The Kier molecular flexibility index (Phi) is 4.33. The van der Waals surface area contributed by atoms with Crippen molar-refractivity contribution in [1.29, 1.82) is 0 Å². The Morgan fingerprint density at radius 2 is 1.94 bits per heavy atom. The predicted molar refractivity (Wildman–Crippen MR) is 69.9 cm³/mol. The van der Waals surface area contributed by atoms with Gasteiger partial charge in [0.2, 0.25) is 5.91 Å². The normalized spacial score (nSPS) is 14.6. The van der Waals surface area contributed by atoms with Crippen LogP contribution in [0.1, 0.15) is 24.0 Å². The SMILES string of the molecule is CN(C(=O)CNCc1ccc(CO)cc1)C1CC1. The molecule has 98 valence electrons. The van der Waals surface area contributed by atoms with E-state index in [1.807, 2.05) is 36.2 Å². The van der Waals surface area contributed by atoms with Gasteiger partial charge < -0.3 is 15.3 Å². The van der Waals surface area contributed by atoms with E-state index in [-0.39, 0.29) is 12.5 Å². The Labute approximate surface area is 108 Å². The van der Waals surface area contributed by atoms with Crippen molar-refractivity contribution in [3.05, 3.63) is 35.4 Å². The van der Waals surface area contributed by atoms with Crippen LogP contribution < -0.4 is 5.32 Å². The van der Waals surface area contributed by atoms with Crippen molar-refractivity contribution in [2.75, 3.05) is 13.6 Å². The number of hydrogen-bond donors (Lipinski definition) is 2. The zero-order valence-electron chi connectivity index (χ0n) is 10.7. The molecule has 2 N–H and O–H groups in total. The molecule has 4 nitrogen and oxygen atoms in total. The second kappa shape index (κ2) is 5.98. The second-order valence-electron chi connectivity index (χ2n) is 4.81. The molecule has 0 spiro atoms. The molecular weight excluding hydrogens is 228 g/mol. The van der Waals surface area contributed by atoms with Gasteiger partial charge in [0.05, 0.1) is 13.2 Å². The molecule has 0 atom stereocenters. The number of nitrogens with zero attached hydrogens (tertiary/aromatic N) is 1. The molecule has 1 aliphatic rings. The maximum atomic E-state index is 11.7. The monoisotopic (exact) mass is 248 g/mol. The van der Waals surface area contributed by atoms with Crippen molar-refractivity contribution >= 4 is 5.91 Å². The standard InChI is InChI=1S/C14H20N2O2/c1-16(13-6-7-13)14(18)9-15-8-11-2-4-12(10-17)5-3-11/h2-5,13,15,17H,6-10H2,1H3. The van der Waals surface area contributed by atoms with Gasteiger partial charge in [-0.25, -0.2) is 0 Å². The summed E-state index contributed by atoms with van der Waals surface area (Å²) in [6.45, 7) is 1.13. The minimum atomic E-state index is 0.0678. The number of benzene rings is 1. The van der Waals surface area contributed by atoms with Crippen LogP contribution >= 0.6 is 0 Å². The summed E-state index contributed by atoms with van der Waals surface area (Å²) in [5.74, 6) is 0.157. The van der Waals surface area contributed by atoms with Gasteiger partial charge in [-0.15, -0.1) is 0 Å². The summed E-state index contributed by atoms with van der Waals surface area (Å²) < 4.78 is 0. The van der Waals surface area contributed by atoms with Crippen LogP contribution in [-0.4, -0.2) is 35.5 Å². The van der Waals surface area contributed by atoms with Crippen molar-refractivity contribution < 1.29 is 9.90 Å². The Balaban J connectivity index is 1.72. The van der Waals surface area contributed by atoms with Gasteiger partial charge in [-0.2, -0.15) is 0 Å². The van der Waals surface area contributed by atoms with E-state index in [0.29, 0.717) is 19.1 Å². The van der Waals surface area contributed by atoms with E-state index in [1.165, 1.54) is 0 Å². The fourth-order valence-electron chi connectivity index (χ4n) is 1.87. The van der Waals surface area contributed by atoms with Crippen LogP contribution in [0.2, 0.25) is 0 Å². The van der Waals surface area contributed by atoms with Crippen LogP contribution in [0.15, 0.2) is 24.3 Å². The molecule has 4 heteroatoms. The maximum Gasteiger partial charge on any atom is 0.236 e. The minimum Gasteiger partial charge on any atom is -0.392 e. The molecule has 1 fully saturated rings. The number of carbonyl (C=O) groups excluding carboxylic acids is 1. The molecule has 1 aromatic rings. The van der Waals surface area contributed by atoms with Crippen molar-refractivity contribution in [2.24, 2.45) is 0 Å². The second-order valence-corrected chi connectivity index (χ2v) is 4.81. The Bertz CT molecular complexity index is 399. The molecule has 0 saturated heterocycles. The lowest BCUT2D eigenvalue weighted by atomic mass is 10.1. The third-order valence-electron chi connectivity index (χ3n) is 3.30. The van der Waals surface area contributed by atoms with Gasteiger partial charge in [0, 0.05) is 19.6 Å². The van der Waals surface area contributed by atoms with Crippen molar-refractivity contribution in [2.45, 2.75) is 32.0 Å². The van der Waals surface area contributed by atoms with Gasteiger partial charge >= 0.3 is 0 Å². The Morgan fingerprint density at radius 1 is 1.33 bits per heavy atom. The summed E-state index contributed by atoms with van der Waals surface area (Å²) in [5.41, 5.74) is 2.03. The number of aliphatic hydroxyl groups is 1. The highest BCUT2D eigenvalue weighted by Gasteiger charge is 2.28. The zero-order chi connectivity index (χ0) is 13.0. The zero-order valence-corrected chi connectivity index (χ0v) is 10.7. The molecule has 0 heterocycles. The van der Waals surface area contributed by atoms with Gasteiger partial charge in [0.15, 0.2) is 0 Å². The van der Waals surface area contributed by atoms with Crippen LogP contribution in [0.4, 0.5) is 0 Å². The summed E-state index contributed by atoms with van der Waals surface area (Å²) in [6, 6.07) is 8.20. The van der Waals surface area contributed by atoms with Gasteiger partial charge in [-0.3, -0.25) is 4.79 Å². The molecule has 1 amide bonds. The highest BCUT2D eigenvalue weighted by molar-refractivity contribution is 5.78. The van der Waals surface area contributed by atoms with Crippen LogP contribution in [0, 0.1) is 0 Å². The number of rotatable bonds is 6. The highest BCUT2D eigenvalue weighted by Crippen LogP contribution is 2.25. The first-order chi connectivity index (χ1) is 8.70. The van der Waals surface area contributed by atoms with Gasteiger partial charge in [0.1, 0.15) is 0 Å². The molecule has 0 aromatic heterocycles. The Morgan fingerprint density at radius 3 is 2.50 bits per heavy atom. The minimum absolute atomic E-state index is 0.0678. The van der Waals surface area contributed by atoms with E-state index in [4.69, 9.17) is 5.11 Å². The third-order valence-corrected chi connectivity index (χ3v) is 3.30. The number of nitrogens with one attached hydrogen (secondary N) is 1. The molecule has 0 aliphatic heterocycles. The average molecular weight is 248 g/mol. The van der Waals surface area contributed by atoms with Gasteiger partial charge in [-0.1, -0.05) is 24.3 Å². The summed E-state index contributed by atoms with van der Waals surface area (Å²) in [4.78, 5) is 13.6. The highest BCUT2D eigenvalue weighted by atomic mass is 16.3. The molecule has 1 saturated carbocycles. The molecule has 2 rings (SSSR count). The Hall–Kier alpha value is -1.39. The predicted octanol–water partition coefficient (Wildman–Crippen LogP) is 0.889. The smallest absolute Gasteiger partial charge is 0.236 e. The molecule has 0 bridgehead atoms. The van der Waals surface area contributed by atoms with Crippen LogP contribution in [0.25, 0.3) is 0 Å². The summed E-state index contributed by atoms with van der Waals surface area (Å²) in [7, 11) is 1.87. The molecule has 1 aromatic carbocycles. The lowest BCUT2D eigenvalue weighted by molar-refractivity contribution is -0.129. The van der Waals surface area contributed by atoms with Crippen LogP contribution in [0.3, 0.4) is 0 Å². The van der Waals surface area contributed by atoms with Gasteiger partial charge in [0.25, 0.3) is 0 Å². The van der Waals surface area contributed by atoms with E-state index in [0.717, 1.165) is 24.0 Å². The summed E-state index contributed by atoms with van der Waals surface area (Å²) >= 11 is 0. The quantitative estimate of drug-likeness (QED) is 0.786. The molecule has 0 radical (unpaired) electrons. The number of aliphatic hydroxyl groups excluding tert-OH is 1. The topological polar surface area (TPSA) is 52.6 Å². The summed E-state index contributed by atoms with van der Waals surface area (Å²) in [5, 5.41) is 12.1. The fourth-order valence-corrected chi connectivity index (χ4v) is 1.87. The van der Waals surface area contributed by atoms with Gasteiger partial charge in [-0.05, 0) is 24.0 Å². The summed E-state index contributed by atoms with van der Waals surface area (Å²) in [6.07, 6.45) is 2.29. The number of likely N-dealkylation sites (N-methyl/N-ethyl adjacent to an activating group) is 1. The van der Waals surface area contributed by atoms with E-state index in [9.17, 15) is 4.79 Å². The van der Waals surface area contributed by atoms with Crippen LogP contribution in [0.5, 0.6) is 0 Å². The number of hydrogen-bond acceptors (Lipinski definition) is 3. The van der Waals surface area contributed by atoms with E-state index in [2.05, 4.69) is 5.32 Å². The average Bonchev–Trinajstić information content (AvgIpc) is 3.23. The van der Waals surface area contributed by atoms with Crippen LogP contribution in [-0.2, 0) is 17.9 Å². The van der Waals surface area contributed by atoms with E-state index in [1.54, 1.807) is 0 Å². The fraction of sp³-hybridized carbons (Fsp3) is 0.500. The molecule has 0 unspecified atom stereocenters. The van der Waals surface area contributed by atoms with Crippen molar-refractivity contribution in [3.63, 3.8) is 0 Å². The number of amides is 1. The van der Waals surface area contributed by atoms with Crippen molar-refractivity contribution in [3.8, 4) is 0 Å². The van der Waals surface area contributed by atoms with Crippen molar-refractivity contribution in [1.82, 2.24) is 10.2 Å². The molecular formula is C14H20N2O2.